The Morgan fingerprint density at radius 3 is 2.52 bits per heavy atom. The fraction of sp³-hybridized carbons (Fsp3) is 0.200. The number of hydrogen-bond donors (Lipinski definition) is 2. The van der Waals surface area contributed by atoms with Gasteiger partial charge in [-0.1, -0.05) is 17.7 Å². The fourth-order valence-electron chi connectivity index (χ4n) is 2.61. The standard InChI is InChI=1S/C15H15N5O2S/c1-9-2-4-10(5-3-9)23(21,22)20-7-6-11-13(17)12(8-16)14(18)19-15(11)20/h2-5H,6-7H2,1H3,(H4,17,18,19). The molecule has 0 spiro atoms. The molecule has 0 saturated heterocycles. The summed E-state index contributed by atoms with van der Waals surface area (Å²) in [5.74, 6) is 0.148. The largest absolute Gasteiger partial charge is 0.397 e. The molecule has 118 valence electrons. The van der Waals surface area contributed by atoms with Crippen LogP contribution in [-0.2, 0) is 16.4 Å². The highest BCUT2D eigenvalue weighted by Gasteiger charge is 2.34. The van der Waals surface area contributed by atoms with E-state index in [0.29, 0.717) is 12.0 Å². The van der Waals surface area contributed by atoms with Crippen molar-refractivity contribution in [1.82, 2.24) is 4.98 Å². The smallest absolute Gasteiger partial charge is 0.265 e. The number of benzene rings is 1. The van der Waals surface area contributed by atoms with E-state index in [0.717, 1.165) is 5.56 Å². The lowest BCUT2D eigenvalue weighted by Gasteiger charge is -2.19. The monoisotopic (exact) mass is 329 g/mol. The van der Waals surface area contributed by atoms with Gasteiger partial charge in [0.2, 0.25) is 0 Å². The van der Waals surface area contributed by atoms with Gasteiger partial charge in [-0.25, -0.2) is 17.7 Å². The Bertz CT molecular complexity index is 930. The molecule has 8 heteroatoms. The number of nitriles is 1. The summed E-state index contributed by atoms with van der Waals surface area (Å²) in [5.41, 5.74) is 13.5. The van der Waals surface area contributed by atoms with E-state index in [1.165, 1.54) is 4.31 Å². The van der Waals surface area contributed by atoms with Gasteiger partial charge in [0, 0.05) is 12.1 Å². The summed E-state index contributed by atoms with van der Waals surface area (Å²) >= 11 is 0. The van der Waals surface area contributed by atoms with Crippen LogP contribution < -0.4 is 15.8 Å². The summed E-state index contributed by atoms with van der Waals surface area (Å²) in [4.78, 5) is 4.28. The van der Waals surface area contributed by atoms with Crippen LogP contribution in [0, 0.1) is 18.3 Å². The zero-order valence-corrected chi connectivity index (χ0v) is 13.3. The lowest BCUT2D eigenvalue weighted by molar-refractivity contribution is 0.592. The molecule has 23 heavy (non-hydrogen) atoms. The molecule has 0 bridgehead atoms. The van der Waals surface area contributed by atoms with Crippen molar-refractivity contribution in [2.75, 3.05) is 22.3 Å². The molecule has 1 aliphatic rings. The van der Waals surface area contributed by atoms with Crippen molar-refractivity contribution < 1.29 is 8.42 Å². The van der Waals surface area contributed by atoms with E-state index >= 15 is 0 Å². The van der Waals surface area contributed by atoms with Gasteiger partial charge in [-0.15, -0.1) is 0 Å². The predicted molar refractivity (Wildman–Crippen MR) is 87.2 cm³/mol. The number of nitrogens with zero attached hydrogens (tertiary/aromatic N) is 3. The Kier molecular flexibility index (Phi) is 3.38. The van der Waals surface area contributed by atoms with Crippen LogP contribution in [0.1, 0.15) is 16.7 Å². The Labute approximate surface area is 134 Å². The Morgan fingerprint density at radius 1 is 1.26 bits per heavy atom. The van der Waals surface area contributed by atoms with Gasteiger partial charge in [0.1, 0.15) is 23.3 Å². The zero-order valence-electron chi connectivity index (χ0n) is 12.4. The van der Waals surface area contributed by atoms with Crippen molar-refractivity contribution in [3.05, 3.63) is 41.0 Å². The summed E-state index contributed by atoms with van der Waals surface area (Å²) in [6, 6.07) is 8.48. The van der Waals surface area contributed by atoms with Crippen LogP contribution in [0.25, 0.3) is 0 Å². The molecule has 3 rings (SSSR count). The number of nitrogen functional groups attached to an aromatic ring is 2. The normalized spacial score (nSPS) is 13.7. The number of fused-ring (bicyclic) bond motifs is 1. The number of aromatic nitrogens is 1. The number of hydrogen-bond acceptors (Lipinski definition) is 6. The highest BCUT2D eigenvalue weighted by molar-refractivity contribution is 7.92. The van der Waals surface area contributed by atoms with Crippen LogP contribution in [0.2, 0.25) is 0 Å². The molecule has 2 aromatic rings. The first-order valence-electron chi connectivity index (χ1n) is 6.93. The van der Waals surface area contributed by atoms with E-state index in [1.807, 2.05) is 13.0 Å². The third-order valence-electron chi connectivity index (χ3n) is 3.87. The fourth-order valence-corrected chi connectivity index (χ4v) is 4.05. The second-order valence-electron chi connectivity index (χ2n) is 5.34. The zero-order chi connectivity index (χ0) is 16.8. The first-order valence-corrected chi connectivity index (χ1v) is 8.37. The average Bonchev–Trinajstić information content (AvgIpc) is 2.92. The molecule has 7 nitrogen and oxygen atoms in total. The van der Waals surface area contributed by atoms with Gasteiger partial charge in [-0.05, 0) is 25.5 Å². The van der Waals surface area contributed by atoms with Gasteiger partial charge in [0.15, 0.2) is 0 Å². The highest BCUT2D eigenvalue weighted by Crippen LogP contribution is 2.37. The Hall–Kier alpha value is -2.79. The van der Waals surface area contributed by atoms with Crippen LogP contribution in [0.3, 0.4) is 0 Å². The van der Waals surface area contributed by atoms with Crippen LogP contribution in [0.15, 0.2) is 29.2 Å². The number of anilines is 3. The quantitative estimate of drug-likeness (QED) is 0.852. The maximum Gasteiger partial charge on any atom is 0.265 e. The molecule has 4 N–H and O–H groups in total. The number of nitrogens with two attached hydrogens (primary N) is 2. The summed E-state index contributed by atoms with van der Waals surface area (Å²) < 4.78 is 26.8. The number of sulfonamides is 1. The minimum absolute atomic E-state index is 0.0604. The second kappa shape index (κ2) is 5.14. The molecular weight excluding hydrogens is 314 g/mol. The van der Waals surface area contributed by atoms with Gasteiger partial charge in [-0.3, -0.25) is 0 Å². The van der Waals surface area contributed by atoms with Crippen molar-refractivity contribution in [2.45, 2.75) is 18.2 Å². The molecule has 0 atom stereocenters. The number of rotatable bonds is 2. The van der Waals surface area contributed by atoms with Gasteiger partial charge in [0.05, 0.1) is 10.6 Å². The first-order chi connectivity index (χ1) is 10.9. The number of pyridine rings is 1. The van der Waals surface area contributed by atoms with Crippen molar-refractivity contribution in [2.24, 2.45) is 0 Å². The van der Waals surface area contributed by atoms with Crippen molar-refractivity contribution in [3.8, 4) is 6.07 Å². The van der Waals surface area contributed by atoms with E-state index in [4.69, 9.17) is 16.7 Å². The van der Waals surface area contributed by atoms with Gasteiger partial charge in [0.25, 0.3) is 10.0 Å². The molecule has 0 radical (unpaired) electrons. The third-order valence-corrected chi connectivity index (χ3v) is 5.67. The van der Waals surface area contributed by atoms with Gasteiger partial charge >= 0.3 is 0 Å². The van der Waals surface area contributed by atoms with E-state index in [-0.39, 0.29) is 34.3 Å². The minimum Gasteiger partial charge on any atom is -0.397 e. The summed E-state index contributed by atoms with van der Waals surface area (Å²) in [5, 5.41) is 9.08. The molecule has 0 fully saturated rings. The molecule has 0 unspecified atom stereocenters. The lowest BCUT2D eigenvalue weighted by Crippen LogP contribution is -2.30. The SMILES string of the molecule is Cc1ccc(S(=O)(=O)N2CCc3c2nc(N)c(C#N)c3N)cc1. The Morgan fingerprint density at radius 2 is 1.91 bits per heavy atom. The average molecular weight is 329 g/mol. The predicted octanol–water partition coefficient (Wildman–Crippen LogP) is 1.18. The molecule has 0 amide bonds. The van der Waals surface area contributed by atoms with Crippen molar-refractivity contribution in [1.29, 1.82) is 5.26 Å². The minimum atomic E-state index is -3.75. The molecule has 1 aromatic heterocycles. The van der Waals surface area contributed by atoms with Crippen LogP contribution >= 0.6 is 0 Å². The number of aryl methyl sites for hydroxylation is 1. The van der Waals surface area contributed by atoms with E-state index < -0.39 is 10.0 Å². The highest BCUT2D eigenvalue weighted by atomic mass is 32.2. The van der Waals surface area contributed by atoms with Crippen LogP contribution in [0.4, 0.5) is 17.3 Å². The molecule has 2 heterocycles. The lowest BCUT2D eigenvalue weighted by atomic mass is 10.1. The third kappa shape index (κ3) is 2.26. The summed E-state index contributed by atoms with van der Waals surface area (Å²) in [6.45, 7) is 2.10. The molecule has 0 saturated carbocycles. The summed E-state index contributed by atoms with van der Waals surface area (Å²) in [6.07, 6.45) is 0.397. The summed E-state index contributed by atoms with van der Waals surface area (Å²) in [7, 11) is -3.75. The molecule has 1 aromatic carbocycles. The Balaban J connectivity index is 2.13. The van der Waals surface area contributed by atoms with E-state index in [2.05, 4.69) is 4.98 Å². The molecule has 0 aliphatic carbocycles. The molecule has 1 aliphatic heterocycles. The van der Waals surface area contributed by atoms with Crippen molar-refractivity contribution >= 4 is 27.3 Å². The van der Waals surface area contributed by atoms with Crippen LogP contribution in [0.5, 0.6) is 0 Å². The van der Waals surface area contributed by atoms with Gasteiger partial charge < -0.3 is 11.5 Å². The maximum absolute atomic E-state index is 12.8. The van der Waals surface area contributed by atoms with Crippen LogP contribution in [-0.4, -0.2) is 19.9 Å². The topological polar surface area (TPSA) is 126 Å². The first kappa shape index (κ1) is 15.1. The van der Waals surface area contributed by atoms with E-state index in [1.54, 1.807) is 24.3 Å². The maximum atomic E-state index is 12.8. The van der Waals surface area contributed by atoms with Crippen molar-refractivity contribution in [3.63, 3.8) is 0 Å². The second-order valence-corrected chi connectivity index (χ2v) is 7.20. The van der Waals surface area contributed by atoms with Gasteiger partial charge in [-0.2, -0.15) is 5.26 Å². The molecular formula is C15H15N5O2S. The van der Waals surface area contributed by atoms with E-state index in [9.17, 15) is 8.42 Å².